The molecule has 0 saturated heterocycles. The van der Waals surface area contributed by atoms with Gasteiger partial charge in [-0.1, -0.05) is 12.1 Å². The van der Waals surface area contributed by atoms with E-state index >= 15 is 0 Å². The number of hydrogen-bond donors (Lipinski definition) is 1. The van der Waals surface area contributed by atoms with Crippen molar-refractivity contribution in [1.82, 2.24) is 19.7 Å². The maximum Gasteiger partial charge on any atom is 0.416 e. The summed E-state index contributed by atoms with van der Waals surface area (Å²) < 4.78 is 55.8. The molecule has 0 radical (unpaired) electrons. The molecule has 5 nitrogen and oxygen atoms in total. The zero-order valence-electron chi connectivity index (χ0n) is 18.2. The lowest BCUT2D eigenvalue weighted by molar-refractivity contribution is -0.137. The van der Waals surface area contributed by atoms with Crippen molar-refractivity contribution in [1.29, 1.82) is 0 Å². The van der Waals surface area contributed by atoms with Gasteiger partial charge in [0.1, 0.15) is 5.82 Å². The standard InChI is InChI=1S/C24H21F4N5/c1-14(2)33-22(17-5-4-6-18(12-17)24(26,27)28)31-23(32-33)30-19-7-8-20(21(25)13-19)16-9-10-29-15(3)11-16/h4-14H,1-3H3,(H,30,32). The second-order valence-corrected chi connectivity index (χ2v) is 7.88. The number of pyridine rings is 1. The Morgan fingerprint density at radius 3 is 2.42 bits per heavy atom. The Hall–Kier alpha value is -3.75. The van der Waals surface area contributed by atoms with Crippen LogP contribution in [0.25, 0.3) is 22.5 Å². The van der Waals surface area contributed by atoms with E-state index < -0.39 is 17.6 Å². The van der Waals surface area contributed by atoms with Crippen LogP contribution in [0.3, 0.4) is 0 Å². The highest BCUT2D eigenvalue weighted by atomic mass is 19.4. The summed E-state index contributed by atoms with van der Waals surface area (Å²) in [5.74, 6) is -0.00188. The Kier molecular flexibility index (Phi) is 5.88. The minimum absolute atomic E-state index is 0.156. The Labute approximate surface area is 188 Å². The molecule has 2 heterocycles. The predicted octanol–water partition coefficient (Wildman–Crippen LogP) is 6.80. The molecule has 0 amide bonds. The fourth-order valence-corrected chi connectivity index (χ4v) is 3.44. The molecule has 4 aromatic rings. The molecule has 4 rings (SSSR count). The van der Waals surface area contributed by atoms with Crippen molar-refractivity contribution < 1.29 is 17.6 Å². The molecule has 1 N–H and O–H groups in total. The summed E-state index contributed by atoms with van der Waals surface area (Å²) in [5, 5.41) is 7.33. The minimum atomic E-state index is -4.47. The van der Waals surface area contributed by atoms with E-state index in [9.17, 15) is 17.6 Å². The van der Waals surface area contributed by atoms with Crippen LogP contribution in [0, 0.1) is 12.7 Å². The normalized spacial score (nSPS) is 11.8. The third kappa shape index (κ3) is 4.87. The molecule has 0 saturated carbocycles. The third-order valence-corrected chi connectivity index (χ3v) is 5.00. The first-order valence-electron chi connectivity index (χ1n) is 10.3. The molecular weight excluding hydrogens is 434 g/mol. The summed E-state index contributed by atoms with van der Waals surface area (Å²) in [6.45, 7) is 5.53. The second-order valence-electron chi connectivity index (χ2n) is 7.88. The van der Waals surface area contributed by atoms with Crippen molar-refractivity contribution >= 4 is 11.6 Å². The van der Waals surface area contributed by atoms with Gasteiger partial charge < -0.3 is 5.32 Å². The smallest absolute Gasteiger partial charge is 0.323 e. The Morgan fingerprint density at radius 1 is 0.970 bits per heavy atom. The van der Waals surface area contributed by atoms with E-state index in [1.807, 2.05) is 20.8 Å². The minimum Gasteiger partial charge on any atom is -0.323 e. The second kappa shape index (κ2) is 8.65. The molecule has 0 bridgehead atoms. The van der Waals surface area contributed by atoms with Gasteiger partial charge in [0.15, 0.2) is 5.82 Å². The highest BCUT2D eigenvalue weighted by molar-refractivity contribution is 5.68. The Bertz CT molecular complexity index is 1290. The number of nitrogens with one attached hydrogen (secondary N) is 1. The molecule has 0 aliphatic carbocycles. The number of anilines is 2. The summed E-state index contributed by atoms with van der Waals surface area (Å²) in [6, 6.07) is 12.9. The fraction of sp³-hybridized carbons (Fsp3) is 0.208. The van der Waals surface area contributed by atoms with Crippen molar-refractivity contribution in [2.75, 3.05) is 5.32 Å². The van der Waals surface area contributed by atoms with Crippen LogP contribution < -0.4 is 5.32 Å². The van der Waals surface area contributed by atoms with Crippen LogP contribution in [0.15, 0.2) is 60.8 Å². The molecule has 0 unspecified atom stereocenters. The average Bonchev–Trinajstić information content (AvgIpc) is 3.17. The Balaban J connectivity index is 1.66. The highest BCUT2D eigenvalue weighted by Gasteiger charge is 2.31. The number of nitrogens with zero attached hydrogens (tertiary/aromatic N) is 4. The quantitative estimate of drug-likeness (QED) is 0.336. The van der Waals surface area contributed by atoms with Gasteiger partial charge in [0.2, 0.25) is 5.95 Å². The molecule has 2 aromatic heterocycles. The first-order valence-corrected chi connectivity index (χ1v) is 10.3. The van der Waals surface area contributed by atoms with Crippen molar-refractivity contribution in [3.05, 3.63) is 77.9 Å². The van der Waals surface area contributed by atoms with Crippen LogP contribution in [0.2, 0.25) is 0 Å². The van der Waals surface area contributed by atoms with Gasteiger partial charge in [-0.3, -0.25) is 4.98 Å². The zero-order chi connectivity index (χ0) is 23.8. The molecule has 9 heteroatoms. The first-order chi connectivity index (χ1) is 15.6. The van der Waals surface area contributed by atoms with E-state index in [4.69, 9.17) is 0 Å². The van der Waals surface area contributed by atoms with Gasteiger partial charge in [0, 0.05) is 34.7 Å². The number of aromatic nitrogens is 4. The van der Waals surface area contributed by atoms with Gasteiger partial charge in [0.25, 0.3) is 0 Å². The SMILES string of the molecule is Cc1cc(-c2ccc(Nc3nc(-c4cccc(C(F)(F)F)c4)n(C(C)C)n3)cc2F)ccn1. The molecule has 0 fully saturated rings. The van der Waals surface area contributed by atoms with Gasteiger partial charge in [-0.2, -0.15) is 18.2 Å². The highest BCUT2D eigenvalue weighted by Crippen LogP contribution is 2.33. The number of halogens is 4. The van der Waals surface area contributed by atoms with E-state index in [2.05, 4.69) is 20.4 Å². The number of alkyl halides is 3. The molecular formula is C24H21F4N5. The lowest BCUT2D eigenvalue weighted by Gasteiger charge is -2.11. The lowest BCUT2D eigenvalue weighted by Crippen LogP contribution is -2.07. The van der Waals surface area contributed by atoms with Crippen LogP contribution in [0.5, 0.6) is 0 Å². The van der Waals surface area contributed by atoms with Gasteiger partial charge in [0.05, 0.1) is 5.56 Å². The number of hydrogen-bond acceptors (Lipinski definition) is 4. The zero-order valence-corrected chi connectivity index (χ0v) is 18.2. The summed E-state index contributed by atoms with van der Waals surface area (Å²) in [4.78, 5) is 8.51. The van der Waals surface area contributed by atoms with E-state index in [1.165, 1.54) is 16.8 Å². The average molecular weight is 455 g/mol. The van der Waals surface area contributed by atoms with Gasteiger partial charge in [-0.15, -0.1) is 5.10 Å². The molecule has 170 valence electrons. The largest absolute Gasteiger partial charge is 0.416 e. The van der Waals surface area contributed by atoms with Crippen LogP contribution in [0.4, 0.5) is 29.2 Å². The van der Waals surface area contributed by atoms with E-state index in [0.717, 1.165) is 17.8 Å². The molecule has 2 aromatic carbocycles. The monoisotopic (exact) mass is 455 g/mol. The maximum atomic E-state index is 14.8. The van der Waals surface area contributed by atoms with Gasteiger partial charge in [-0.05, 0) is 68.8 Å². The topological polar surface area (TPSA) is 55.6 Å². The molecule has 0 spiro atoms. The van der Waals surface area contributed by atoms with E-state index in [-0.39, 0.29) is 23.4 Å². The van der Waals surface area contributed by atoms with E-state index in [1.54, 1.807) is 36.5 Å². The van der Waals surface area contributed by atoms with Crippen LogP contribution >= 0.6 is 0 Å². The van der Waals surface area contributed by atoms with Crippen LogP contribution in [0.1, 0.15) is 31.1 Å². The molecule has 0 atom stereocenters. The predicted molar refractivity (Wildman–Crippen MR) is 118 cm³/mol. The van der Waals surface area contributed by atoms with Crippen molar-refractivity contribution in [3.63, 3.8) is 0 Å². The fourth-order valence-electron chi connectivity index (χ4n) is 3.44. The van der Waals surface area contributed by atoms with Crippen molar-refractivity contribution in [2.24, 2.45) is 0 Å². The summed E-state index contributed by atoms with van der Waals surface area (Å²) in [7, 11) is 0. The number of benzene rings is 2. The lowest BCUT2D eigenvalue weighted by atomic mass is 10.1. The molecule has 0 aliphatic rings. The maximum absolute atomic E-state index is 14.8. The van der Waals surface area contributed by atoms with Gasteiger partial charge >= 0.3 is 6.18 Å². The van der Waals surface area contributed by atoms with E-state index in [0.29, 0.717) is 16.8 Å². The summed E-state index contributed by atoms with van der Waals surface area (Å²) in [5.41, 5.74) is 1.85. The molecule has 0 aliphatic heterocycles. The summed E-state index contributed by atoms with van der Waals surface area (Å²) >= 11 is 0. The first kappa shape index (κ1) is 22.4. The number of rotatable bonds is 5. The van der Waals surface area contributed by atoms with Crippen molar-refractivity contribution in [2.45, 2.75) is 33.0 Å². The summed E-state index contributed by atoms with van der Waals surface area (Å²) in [6.07, 6.45) is -2.85. The Morgan fingerprint density at radius 2 is 1.76 bits per heavy atom. The van der Waals surface area contributed by atoms with Crippen LogP contribution in [-0.2, 0) is 6.18 Å². The van der Waals surface area contributed by atoms with Crippen LogP contribution in [-0.4, -0.2) is 19.7 Å². The molecule has 33 heavy (non-hydrogen) atoms. The van der Waals surface area contributed by atoms with Gasteiger partial charge in [-0.25, -0.2) is 9.07 Å². The van der Waals surface area contributed by atoms with Crippen molar-refractivity contribution in [3.8, 4) is 22.5 Å². The third-order valence-electron chi connectivity index (χ3n) is 5.00. The number of aryl methyl sites for hydroxylation is 1.